The first-order valence-corrected chi connectivity index (χ1v) is 9.50. The van der Waals surface area contributed by atoms with E-state index in [-0.39, 0.29) is 12.0 Å². The molecule has 27 heavy (non-hydrogen) atoms. The van der Waals surface area contributed by atoms with E-state index in [0.717, 1.165) is 37.1 Å². The highest BCUT2D eigenvalue weighted by molar-refractivity contribution is 5.96. The van der Waals surface area contributed by atoms with Crippen molar-refractivity contribution in [1.29, 1.82) is 0 Å². The Labute approximate surface area is 158 Å². The van der Waals surface area contributed by atoms with Gasteiger partial charge in [0.05, 0.1) is 18.0 Å². The third-order valence-electron chi connectivity index (χ3n) is 5.02. The maximum Gasteiger partial charge on any atom is 0.255 e. The Morgan fingerprint density at radius 1 is 1.26 bits per heavy atom. The monoisotopic (exact) mass is 364 g/mol. The first-order chi connectivity index (χ1) is 13.2. The lowest BCUT2D eigenvalue weighted by atomic mass is 10.1. The molecular weight excluding hydrogens is 340 g/mol. The fourth-order valence-corrected chi connectivity index (χ4v) is 3.59. The molecule has 1 saturated heterocycles. The van der Waals surface area contributed by atoms with E-state index < -0.39 is 0 Å². The van der Waals surface area contributed by atoms with Crippen LogP contribution in [-0.2, 0) is 17.7 Å². The number of hydrogen-bond acceptors (Lipinski definition) is 4. The number of fused-ring (bicyclic) bond motifs is 1. The van der Waals surface area contributed by atoms with Crippen LogP contribution in [0.3, 0.4) is 0 Å². The Kier molecular flexibility index (Phi) is 5.16. The number of pyridine rings is 1. The molecule has 0 spiro atoms. The van der Waals surface area contributed by atoms with E-state index in [1.165, 1.54) is 5.56 Å². The fraction of sp³-hybridized carbons (Fsp3) is 0.381. The summed E-state index contributed by atoms with van der Waals surface area (Å²) in [5.41, 5.74) is 3.45. The van der Waals surface area contributed by atoms with E-state index in [9.17, 15) is 4.79 Å². The van der Waals surface area contributed by atoms with Gasteiger partial charge in [-0.25, -0.2) is 9.97 Å². The topological polar surface area (TPSA) is 60.2 Å². The Morgan fingerprint density at radius 3 is 2.93 bits per heavy atom. The SMILES string of the molecule is CCOC1CCN(C(=O)c2cnc3c(c2)ncn3CCc2ccccc2)C1. The lowest BCUT2D eigenvalue weighted by Gasteiger charge is -2.16. The molecule has 1 fully saturated rings. The normalized spacial score (nSPS) is 16.9. The smallest absolute Gasteiger partial charge is 0.255 e. The van der Waals surface area contributed by atoms with Crippen LogP contribution in [0.2, 0.25) is 0 Å². The number of amides is 1. The van der Waals surface area contributed by atoms with Crippen molar-refractivity contribution in [3.8, 4) is 0 Å². The van der Waals surface area contributed by atoms with E-state index in [1.807, 2.05) is 40.7 Å². The summed E-state index contributed by atoms with van der Waals surface area (Å²) in [5, 5.41) is 0. The molecule has 1 aliphatic heterocycles. The first-order valence-electron chi connectivity index (χ1n) is 9.50. The molecule has 1 unspecified atom stereocenters. The third kappa shape index (κ3) is 3.85. The Morgan fingerprint density at radius 2 is 2.11 bits per heavy atom. The zero-order valence-corrected chi connectivity index (χ0v) is 15.5. The summed E-state index contributed by atoms with van der Waals surface area (Å²) in [7, 11) is 0. The van der Waals surface area contributed by atoms with Gasteiger partial charge in [-0.2, -0.15) is 0 Å². The number of carbonyl (C=O) groups is 1. The van der Waals surface area contributed by atoms with Gasteiger partial charge in [0, 0.05) is 32.4 Å². The lowest BCUT2D eigenvalue weighted by molar-refractivity contribution is 0.0598. The zero-order chi connectivity index (χ0) is 18.6. The van der Waals surface area contributed by atoms with Gasteiger partial charge in [-0.1, -0.05) is 30.3 Å². The van der Waals surface area contributed by atoms with Gasteiger partial charge < -0.3 is 14.2 Å². The highest BCUT2D eigenvalue weighted by Crippen LogP contribution is 2.18. The van der Waals surface area contributed by atoms with Gasteiger partial charge in [-0.3, -0.25) is 4.79 Å². The number of imidazole rings is 1. The van der Waals surface area contributed by atoms with Crippen molar-refractivity contribution in [3.63, 3.8) is 0 Å². The van der Waals surface area contributed by atoms with Gasteiger partial charge in [0.15, 0.2) is 5.65 Å². The first kappa shape index (κ1) is 17.7. The second-order valence-electron chi connectivity index (χ2n) is 6.86. The van der Waals surface area contributed by atoms with Crippen molar-refractivity contribution in [1.82, 2.24) is 19.4 Å². The quantitative estimate of drug-likeness (QED) is 0.675. The molecule has 6 nitrogen and oxygen atoms in total. The molecule has 1 aromatic carbocycles. The van der Waals surface area contributed by atoms with E-state index in [0.29, 0.717) is 18.7 Å². The molecule has 0 N–H and O–H groups in total. The largest absolute Gasteiger partial charge is 0.377 e. The molecule has 1 atom stereocenters. The van der Waals surface area contributed by atoms with Crippen LogP contribution in [0, 0.1) is 0 Å². The molecule has 3 aromatic rings. The van der Waals surface area contributed by atoms with Gasteiger partial charge in [0.25, 0.3) is 5.91 Å². The summed E-state index contributed by atoms with van der Waals surface area (Å²) in [6, 6.07) is 12.2. The van der Waals surface area contributed by atoms with Crippen molar-refractivity contribution >= 4 is 17.1 Å². The van der Waals surface area contributed by atoms with Crippen molar-refractivity contribution < 1.29 is 9.53 Å². The zero-order valence-electron chi connectivity index (χ0n) is 15.5. The number of rotatable bonds is 6. The van der Waals surface area contributed by atoms with Crippen LogP contribution < -0.4 is 0 Å². The van der Waals surface area contributed by atoms with Crippen LogP contribution in [0.4, 0.5) is 0 Å². The highest BCUT2D eigenvalue weighted by atomic mass is 16.5. The van der Waals surface area contributed by atoms with Crippen molar-refractivity contribution in [2.24, 2.45) is 0 Å². The van der Waals surface area contributed by atoms with Gasteiger partial charge in [-0.05, 0) is 31.4 Å². The van der Waals surface area contributed by atoms with E-state index >= 15 is 0 Å². The maximum absolute atomic E-state index is 12.8. The Balaban J connectivity index is 1.46. The Hall–Kier alpha value is -2.73. The van der Waals surface area contributed by atoms with E-state index in [4.69, 9.17) is 4.74 Å². The standard InChI is InChI=1S/C21H24N4O2/c1-2-27-18-9-11-24(14-18)21(26)17-12-19-20(22-13-17)25(15-23-19)10-8-16-6-4-3-5-7-16/h3-7,12-13,15,18H,2,8-11,14H2,1H3. The van der Waals surface area contributed by atoms with Crippen LogP contribution in [-0.4, -0.2) is 51.1 Å². The summed E-state index contributed by atoms with van der Waals surface area (Å²) in [6.07, 6.45) is 5.42. The Bertz CT molecular complexity index is 922. The number of nitrogens with zero attached hydrogens (tertiary/aromatic N) is 4. The minimum absolute atomic E-state index is 0.00504. The molecule has 0 saturated carbocycles. The average Bonchev–Trinajstić information content (AvgIpc) is 3.33. The number of benzene rings is 1. The molecule has 1 amide bonds. The summed E-state index contributed by atoms with van der Waals surface area (Å²) < 4.78 is 7.67. The predicted molar refractivity (Wildman–Crippen MR) is 104 cm³/mol. The minimum Gasteiger partial charge on any atom is -0.377 e. The molecule has 0 bridgehead atoms. The van der Waals surface area contributed by atoms with Gasteiger partial charge >= 0.3 is 0 Å². The summed E-state index contributed by atoms with van der Waals surface area (Å²) in [6.45, 7) is 4.85. The van der Waals surface area contributed by atoms with Crippen LogP contribution in [0.5, 0.6) is 0 Å². The van der Waals surface area contributed by atoms with E-state index in [2.05, 4.69) is 22.1 Å². The second kappa shape index (κ2) is 7.88. The van der Waals surface area contributed by atoms with Gasteiger partial charge in [0.1, 0.15) is 5.52 Å². The van der Waals surface area contributed by atoms with Crippen LogP contribution in [0.1, 0.15) is 29.3 Å². The molecule has 4 rings (SSSR count). The van der Waals surface area contributed by atoms with Crippen molar-refractivity contribution in [2.45, 2.75) is 32.4 Å². The highest BCUT2D eigenvalue weighted by Gasteiger charge is 2.27. The second-order valence-corrected chi connectivity index (χ2v) is 6.86. The van der Waals surface area contributed by atoms with E-state index in [1.54, 1.807) is 12.5 Å². The molecule has 140 valence electrons. The number of aromatic nitrogens is 3. The summed E-state index contributed by atoms with van der Waals surface area (Å²) in [5.74, 6) is 0.00504. The minimum atomic E-state index is 0.00504. The molecule has 0 aliphatic carbocycles. The molecule has 0 radical (unpaired) electrons. The average molecular weight is 364 g/mol. The van der Waals surface area contributed by atoms with Crippen molar-refractivity contribution in [3.05, 3.63) is 60.0 Å². The van der Waals surface area contributed by atoms with Gasteiger partial charge in [0.2, 0.25) is 0 Å². The van der Waals surface area contributed by atoms with Crippen LogP contribution in [0.25, 0.3) is 11.2 Å². The number of likely N-dealkylation sites (tertiary alicyclic amines) is 1. The fourth-order valence-electron chi connectivity index (χ4n) is 3.59. The van der Waals surface area contributed by atoms with Crippen LogP contribution in [0.15, 0.2) is 48.9 Å². The lowest BCUT2D eigenvalue weighted by Crippen LogP contribution is -2.30. The predicted octanol–water partition coefficient (Wildman–Crippen LogP) is 2.93. The number of carbonyl (C=O) groups excluding carboxylic acids is 1. The van der Waals surface area contributed by atoms with Crippen LogP contribution >= 0.6 is 0 Å². The van der Waals surface area contributed by atoms with Crippen molar-refractivity contribution in [2.75, 3.05) is 19.7 Å². The number of hydrogen-bond donors (Lipinski definition) is 0. The molecule has 6 heteroatoms. The third-order valence-corrected chi connectivity index (χ3v) is 5.02. The molecular formula is C21H24N4O2. The summed E-state index contributed by atoms with van der Waals surface area (Å²) in [4.78, 5) is 23.6. The molecule has 2 aromatic heterocycles. The van der Waals surface area contributed by atoms with Gasteiger partial charge in [-0.15, -0.1) is 0 Å². The molecule has 1 aliphatic rings. The molecule has 3 heterocycles. The number of aryl methyl sites for hydroxylation is 2. The number of ether oxygens (including phenoxy) is 1. The maximum atomic E-state index is 12.8. The summed E-state index contributed by atoms with van der Waals surface area (Å²) >= 11 is 0.